The predicted molar refractivity (Wildman–Crippen MR) is 73.1 cm³/mol. The van der Waals surface area contributed by atoms with Crippen LogP contribution in [0.1, 0.15) is 43.5 Å². The van der Waals surface area contributed by atoms with Gasteiger partial charge in [0.05, 0.1) is 12.3 Å². The van der Waals surface area contributed by atoms with Gasteiger partial charge in [0.15, 0.2) is 5.75 Å². The van der Waals surface area contributed by atoms with E-state index in [1.165, 1.54) is 25.7 Å². The van der Waals surface area contributed by atoms with Gasteiger partial charge in [0.2, 0.25) is 0 Å². The van der Waals surface area contributed by atoms with Crippen LogP contribution in [0.5, 0.6) is 5.75 Å². The zero-order valence-corrected chi connectivity index (χ0v) is 11.8. The molecule has 0 unspecified atom stereocenters. The van der Waals surface area contributed by atoms with E-state index in [0.29, 0.717) is 0 Å². The first kappa shape index (κ1) is 13.4. The van der Waals surface area contributed by atoms with E-state index in [2.05, 4.69) is 10.4 Å². The molecule has 0 spiro atoms. The molecule has 1 aliphatic rings. The first-order chi connectivity index (χ1) is 8.68. The smallest absolute Gasteiger partial charge is 0.162 e. The Balaban J connectivity index is 1.65. The van der Waals surface area contributed by atoms with Gasteiger partial charge >= 0.3 is 0 Å². The number of aromatic nitrogens is 2. The van der Waals surface area contributed by atoms with Gasteiger partial charge in [-0.25, -0.2) is 0 Å². The van der Waals surface area contributed by atoms with E-state index in [0.717, 1.165) is 42.8 Å². The van der Waals surface area contributed by atoms with Crippen LogP contribution < -0.4 is 10.1 Å². The van der Waals surface area contributed by atoms with Crippen LogP contribution in [0.2, 0.25) is 0 Å². The number of hydrogen-bond acceptors (Lipinski definition) is 3. The van der Waals surface area contributed by atoms with E-state index in [9.17, 15) is 0 Å². The van der Waals surface area contributed by atoms with Crippen molar-refractivity contribution in [2.45, 2.75) is 52.0 Å². The zero-order valence-electron chi connectivity index (χ0n) is 11.8. The van der Waals surface area contributed by atoms with E-state index >= 15 is 0 Å². The molecule has 4 nitrogen and oxygen atoms in total. The standard InChI is InChI=1S/C14H25N3O/c1-11-14(12(2)17(3)16-11)18-10-6-9-15-13-7-4-5-8-13/h13,15H,4-10H2,1-3H3. The van der Waals surface area contributed by atoms with Crippen molar-refractivity contribution in [3.05, 3.63) is 11.4 Å². The van der Waals surface area contributed by atoms with Gasteiger partial charge in [0.1, 0.15) is 5.69 Å². The molecule has 0 radical (unpaired) electrons. The molecule has 0 aromatic carbocycles. The highest BCUT2D eigenvalue weighted by atomic mass is 16.5. The number of rotatable bonds is 6. The van der Waals surface area contributed by atoms with Crippen LogP contribution >= 0.6 is 0 Å². The highest BCUT2D eigenvalue weighted by Gasteiger charge is 2.13. The highest BCUT2D eigenvalue weighted by Crippen LogP contribution is 2.21. The van der Waals surface area contributed by atoms with Crippen LogP contribution in [0.15, 0.2) is 0 Å². The molecule has 0 bridgehead atoms. The minimum Gasteiger partial charge on any atom is -0.490 e. The lowest BCUT2D eigenvalue weighted by atomic mass is 10.2. The summed E-state index contributed by atoms with van der Waals surface area (Å²) in [7, 11) is 1.96. The third kappa shape index (κ3) is 3.25. The Kier molecular flexibility index (Phi) is 4.64. The van der Waals surface area contributed by atoms with E-state index in [4.69, 9.17) is 4.74 Å². The Labute approximate surface area is 110 Å². The van der Waals surface area contributed by atoms with Crippen LogP contribution in [0, 0.1) is 13.8 Å². The molecule has 1 heterocycles. The second-order valence-corrected chi connectivity index (χ2v) is 5.26. The molecule has 0 atom stereocenters. The molecule has 1 aromatic rings. The normalized spacial score (nSPS) is 16.4. The lowest BCUT2D eigenvalue weighted by Crippen LogP contribution is -2.27. The molecule has 4 heteroatoms. The highest BCUT2D eigenvalue weighted by molar-refractivity contribution is 5.31. The molecular weight excluding hydrogens is 226 g/mol. The van der Waals surface area contributed by atoms with E-state index in [-0.39, 0.29) is 0 Å². The van der Waals surface area contributed by atoms with Crippen molar-refractivity contribution in [3.63, 3.8) is 0 Å². The average molecular weight is 251 g/mol. The van der Waals surface area contributed by atoms with Crippen LogP contribution in [-0.4, -0.2) is 29.0 Å². The summed E-state index contributed by atoms with van der Waals surface area (Å²) in [5, 5.41) is 7.95. The molecule has 1 aromatic heterocycles. The topological polar surface area (TPSA) is 39.1 Å². The van der Waals surface area contributed by atoms with Crippen molar-refractivity contribution in [2.75, 3.05) is 13.2 Å². The van der Waals surface area contributed by atoms with E-state index in [1.54, 1.807) is 0 Å². The molecule has 1 fully saturated rings. The van der Waals surface area contributed by atoms with Gasteiger partial charge in [0, 0.05) is 13.1 Å². The molecule has 0 saturated heterocycles. The molecule has 2 rings (SSSR count). The minimum atomic E-state index is 0.756. The minimum absolute atomic E-state index is 0.756. The predicted octanol–water partition coefficient (Wildman–Crippen LogP) is 2.34. The summed E-state index contributed by atoms with van der Waals surface area (Å²) in [5.41, 5.74) is 2.09. The van der Waals surface area contributed by atoms with Gasteiger partial charge in [-0.2, -0.15) is 5.10 Å². The molecule has 0 amide bonds. The van der Waals surface area contributed by atoms with Crippen molar-refractivity contribution in [3.8, 4) is 5.75 Å². The number of nitrogens with one attached hydrogen (secondary N) is 1. The van der Waals surface area contributed by atoms with Gasteiger partial charge in [-0.15, -0.1) is 0 Å². The summed E-state index contributed by atoms with van der Waals surface area (Å²) in [6.07, 6.45) is 6.54. The van der Waals surface area contributed by atoms with Gasteiger partial charge in [-0.05, 0) is 39.7 Å². The van der Waals surface area contributed by atoms with E-state index in [1.807, 2.05) is 25.6 Å². The number of ether oxygens (including phenoxy) is 1. The number of hydrogen-bond donors (Lipinski definition) is 1. The van der Waals surface area contributed by atoms with Crippen LogP contribution in [-0.2, 0) is 7.05 Å². The zero-order chi connectivity index (χ0) is 13.0. The van der Waals surface area contributed by atoms with Crippen molar-refractivity contribution >= 4 is 0 Å². The Morgan fingerprint density at radius 2 is 2.06 bits per heavy atom. The third-order valence-electron chi connectivity index (χ3n) is 3.80. The molecule has 1 aliphatic carbocycles. The average Bonchev–Trinajstić information content (AvgIpc) is 2.92. The molecule has 102 valence electrons. The summed E-state index contributed by atoms with van der Waals surface area (Å²) in [6, 6.07) is 0.756. The van der Waals surface area contributed by atoms with Crippen molar-refractivity contribution < 1.29 is 4.74 Å². The Morgan fingerprint density at radius 3 is 2.67 bits per heavy atom. The maximum atomic E-state index is 5.83. The van der Waals surface area contributed by atoms with Gasteiger partial charge in [-0.3, -0.25) is 4.68 Å². The third-order valence-corrected chi connectivity index (χ3v) is 3.80. The Bertz CT molecular complexity index is 381. The molecule has 0 aliphatic heterocycles. The monoisotopic (exact) mass is 251 g/mol. The van der Waals surface area contributed by atoms with Gasteiger partial charge < -0.3 is 10.1 Å². The number of nitrogens with zero attached hydrogens (tertiary/aromatic N) is 2. The van der Waals surface area contributed by atoms with Crippen molar-refractivity contribution in [1.29, 1.82) is 0 Å². The summed E-state index contributed by atoms with van der Waals surface area (Å²) in [6.45, 7) is 5.88. The second kappa shape index (κ2) is 6.23. The fourth-order valence-corrected chi connectivity index (χ4v) is 2.65. The van der Waals surface area contributed by atoms with Gasteiger partial charge in [0.25, 0.3) is 0 Å². The largest absolute Gasteiger partial charge is 0.490 e. The maximum Gasteiger partial charge on any atom is 0.162 e. The fourth-order valence-electron chi connectivity index (χ4n) is 2.65. The van der Waals surface area contributed by atoms with E-state index < -0.39 is 0 Å². The Hall–Kier alpha value is -1.03. The SMILES string of the molecule is Cc1nn(C)c(C)c1OCCCNC1CCCC1. The summed E-state index contributed by atoms with van der Waals surface area (Å²) in [4.78, 5) is 0. The van der Waals surface area contributed by atoms with Gasteiger partial charge in [-0.1, -0.05) is 12.8 Å². The lowest BCUT2D eigenvalue weighted by molar-refractivity contribution is 0.300. The number of aryl methyl sites for hydroxylation is 2. The first-order valence-corrected chi connectivity index (χ1v) is 7.05. The Morgan fingerprint density at radius 1 is 1.33 bits per heavy atom. The summed E-state index contributed by atoms with van der Waals surface area (Å²) < 4.78 is 7.71. The van der Waals surface area contributed by atoms with Crippen LogP contribution in [0.3, 0.4) is 0 Å². The van der Waals surface area contributed by atoms with Crippen molar-refractivity contribution in [1.82, 2.24) is 15.1 Å². The molecule has 1 saturated carbocycles. The molecular formula is C14H25N3O. The second-order valence-electron chi connectivity index (χ2n) is 5.26. The molecule has 18 heavy (non-hydrogen) atoms. The van der Waals surface area contributed by atoms with Crippen LogP contribution in [0.4, 0.5) is 0 Å². The van der Waals surface area contributed by atoms with Crippen LogP contribution in [0.25, 0.3) is 0 Å². The quantitative estimate of drug-likeness (QED) is 0.789. The first-order valence-electron chi connectivity index (χ1n) is 7.05. The lowest BCUT2D eigenvalue weighted by Gasteiger charge is -2.12. The van der Waals surface area contributed by atoms with Crippen molar-refractivity contribution in [2.24, 2.45) is 7.05 Å². The summed E-state index contributed by atoms with van der Waals surface area (Å²) >= 11 is 0. The summed E-state index contributed by atoms with van der Waals surface area (Å²) in [5.74, 6) is 0.957. The molecule has 1 N–H and O–H groups in total. The maximum absolute atomic E-state index is 5.83. The fraction of sp³-hybridized carbons (Fsp3) is 0.786.